The first-order valence-corrected chi connectivity index (χ1v) is 14.2. The molecule has 198 valence electrons. The van der Waals surface area contributed by atoms with Crippen LogP contribution in [0.2, 0.25) is 0 Å². The highest BCUT2D eigenvalue weighted by Gasteiger charge is 2.48. The second kappa shape index (κ2) is 10.1. The van der Waals surface area contributed by atoms with Gasteiger partial charge in [0, 0.05) is 61.2 Å². The molecule has 2 amide bonds. The van der Waals surface area contributed by atoms with Crippen molar-refractivity contribution >= 4 is 23.2 Å². The highest BCUT2D eigenvalue weighted by molar-refractivity contribution is 7.14. The molecule has 1 spiro atoms. The molecule has 6 rings (SSSR count). The van der Waals surface area contributed by atoms with E-state index < -0.39 is 0 Å². The Morgan fingerprint density at radius 2 is 1.97 bits per heavy atom. The maximum Gasteiger partial charge on any atom is 0.251 e. The van der Waals surface area contributed by atoms with E-state index in [1.807, 2.05) is 41.3 Å². The van der Waals surface area contributed by atoms with E-state index in [-0.39, 0.29) is 17.9 Å². The Morgan fingerprint density at radius 3 is 2.61 bits per heavy atom. The van der Waals surface area contributed by atoms with Crippen LogP contribution < -0.4 is 15.4 Å². The van der Waals surface area contributed by atoms with Gasteiger partial charge >= 0.3 is 0 Å². The van der Waals surface area contributed by atoms with Gasteiger partial charge in [-0.3, -0.25) is 9.59 Å². The van der Waals surface area contributed by atoms with Gasteiger partial charge in [-0.1, -0.05) is 31.3 Å². The zero-order valence-corrected chi connectivity index (χ0v) is 22.6. The van der Waals surface area contributed by atoms with Gasteiger partial charge in [0.2, 0.25) is 5.91 Å². The summed E-state index contributed by atoms with van der Waals surface area (Å²) in [6.45, 7) is 7.54. The molecule has 1 saturated carbocycles. The molecule has 8 nitrogen and oxygen atoms in total. The topological polar surface area (TPSA) is 96.4 Å². The summed E-state index contributed by atoms with van der Waals surface area (Å²) in [5, 5.41) is 17.0. The van der Waals surface area contributed by atoms with E-state index in [1.165, 1.54) is 0 Å². The van der Waals surface area contributed by atoms with E-state index >= 15 is 0 Å². The molecule has 0 atom stereocenters. The number of amides is 2. The molecule has 3 aliphatic rings. The van der Waals surface area contributed by atoms with Crippen molar-refractivity contribution in [3.8, 4) is 22.1 Å². The number of nitrogens with one attached hydrogen (secondary N) is 2. The maximum absolute atomic E-state index is 13.1. The summed E-state index contributed by atoms with van der Waals surface area (Å²) in [6.07, 6.45) is 3.52. The van der Waals surface area contributed by atoms with E-state index in [2.05, 4.69) is 34.7 Å². The molecule has 9 heteroatoms. The molecule has 38 heavy (non-hydrogen) atoms. The highest BCUT2D eigenvalue weighted by Crippen LogP contribution is 2.44. The number of carbonyl (C=O) groups excluding carboxylic acids is 2. The normalized spacial score (nSPS) is 18.5. The summed E-state index contributed by atoms with van der Waals surface area (Å²) in [4.78, 5) is 27.2. The number of nitrogens with zero attached hydrogens (tertiary/aromatic N) is 3. The summed E-state index contributed by atoms with van der Waals surface area (Å²) in [6, 6.07) is 13.5. The first-order valence-electron chi connectivity index (χ1n) is 13.4. The maximum atomic E-state index is 13.1. The zero-order chi connectivity index (χ0) is 26.3. The lowest BCUT2D eigenvalue weighted by Crippen LogP contribution is -2.65. The molecular formula is C29H33N5O3S. The van der Waals surface area contributed by atoms with Crippen molar-refractivity contribution in [2.45, 2.75) is 58.0 Å². The summed E-state index contributed by atoms with van der Waals surface area (Å²) in [7, 11) is 0. The van der Waals surface area contributed by atoms with Gasteiger partial charge in [-0.05, 0) is 61.1 Å². The van der Waals surface area contributed by atoms with Crippen molar-refractivity contribution in [3.05, 3.63) is 58.6 Å². The zero-order valence-electron chi connectivity index (χ0n) is 21.8. The van der Waals surface area contributed by atoms with Crippen molar-refractivity contribution in [2.24, 2.45) is 5.41 Å². The van der Waals surface area contributed by atoms with Crippen LogP contribution in [0.5, 0.6) is 11.5 Å². The van der Waals surface area contributed by atoms with Gasteiger partial charge in [-0.25, -0.2) is 0 Å². The van der Waals surface area contributed by atoms with Gasteiger partial charge in [0.15, 0.2) is 0 Å². The molecule has 2 aliphatic heterocycles. The minimum Gasteiger partial charge on any atom is -0.457 e. The van der Waals surface area contributed by atoms with Crippen LogP contribution in [-0.2, 0) is 11.3 Å². The number of ether oxygens (including phenoxy) is 1. The molecule has 3 heterocycles. The van der Waals surface area contributed by atoms with Crippen LogP contribution in [0.25, 0.3) is 10.6 Å². The Balaban J connectivity index is 1.20. The summed E-state index contributed by atoms with van der Waals surface area (Å²) in [5.41, 5.74) is 2.83. The lowest BCUT2D eigenvalue weighted by Gasteiger charge is -2.54. The number of carbonyl (C=O) groups is 2. The Bertz CT molecular complexity index is 1340. The Morgan fingerprint density at radius 1 is 1.18 bits per heavy atom. The van der Waals surface area contributed by atoms with Gasteiger partial charge in [0.05, 0.1) is 0 Å². The monoisotopic (exact) mass is 531 g/mol. The average Bonchev–Trinajstić information content (AvgIpc) is 3.51. The standard InChI is InChI=1S/C29H33N5O3S/c1-18(2)27-32-33-28(38-27)19-7-9-23(10-8-19)37-24-12-20(5-6-21(24)15-34-11-3-4-25(34)35)26(36)31-22-13-29(14-22)16-30-17-29/h5-10,12,18,22,30H,3-4,11,13-17H2,1-2H3,(H,31,36). The molecule has 1 aromatic heterocycles. The minimum atomic E-state index is -0.0849. The van der Waals surface area contributed by atoms with E-state index in [0.29, 0.717) is 41.4 Å². The van der Waals surface area contributed by atoms with E-state index in [9.17, 15) is 9.59 Å². The number of aromatic nitrogens is 2. The van der Waals surface area contributed by atoms with Crippen LogP contribution in [0.15, 0.2) is 42.5 Å². The van der Waals surface area contributed by atoms with Gasteiger partial charge in [-0.15, -0.1) is 10.2 Å². The van der Waals surface area contributed by atoms with E-state index in [1.54, 1.807) is 17.4 Å². The third-order valence-corrected chi connectivity index (χ3v) is 9.09. The van der Waals surface area contributed by atoms with Crippen LogP contribution in [0.1, 0.15) is 66.4 Å². The molecule has 3 fully saturated rings. The quantitative estimate of drug-likeness (QED) is 0.437. The van der Waals surface area contributed by atoms with E-state index in [0.717, 1.165) is 60.0 Å². The molecule has 2 N–H and O–H groups in total. The Kier molecular flexibility index (Phi) is 6.65. The van der Waals surface area contributed by atoms with Crippen LogP contribution >= 0.6 is 11.3 Å². The predicted octanol–water partition coefficient (Wildman–Crippen LogP) is 4.73. The molecule has 2 aromatic carbocycles. The van der Waals surface area contributed by atoms with Crippen molar-refractivity contribution in [1.29, 1.82) is 0 Å². The Labute approximate surface area is 226 Å². The highest BCUT2D eigenvalue weighted by atomic mass is 32.1. The van der Waals surface area contributed by atoms with Crippen LogP contribution in [0, 0.1) is 5.41 Å². The molecule has 2 saturated heterocycles. The third-order valence-electron chi connectivity index (χ3n) is 7.82. The molecule has 0 bridgehead atoms. The molecular weight excluding hydrogens is 498 g/mol. The number of benzene rings is 2. The first kappa shape index (κ1) is 25.0. The fraction of sp³-hybridized carbons (Fsp3) is 0.448. The molecule has 1 aliphatic carbocycles. The fourth-order valence-electron chi connectivity index (χ4n) is 5.50. The van der Waals surface area contributed by atoms with Crippen LogP contribution in [0.3, 0.4) is 0 Å². The largest absolute Gasteiger partial charge is 0.457 e. The SMILES string of the molecule is CC(C)c1nnc(-c2ccc(Oc3cc(C(=O)NC4CC5(CNC5)C4)ccc3CN3CCCC3=O)cc2)s1. The second-order valence-corrected chi connectivity index (χ2v) is 12.2. The second-order valence-electron chi connectivity index (χ2n) is 11.2. The number of rotatable bonds is 8. The number of hydrogen-bond acceptors (Lipinski definition) is 7. The minimum absolute atomic E-state index is 0.0849. The van der Waals surface area contributed by atoms with Crippen molar-refractivity contribution in [1.82, 2.24) is 25.7 Å². The van der Waals surface area contributed by atoms with Gasteiger partial charge in [0.1, 0.15) is 21.5 Å². The third kappa shape index (κ3) is 5.05. The molecule has 3 aromatic rings. The predicted molar refractivity (Wildman–Crippen MR) is 146 cm³/mol. The number of likely N-dealkylation sites (tertiary alicyclic amines) is 1. The van der Waals surface area contributed by atoms with Crippen LogP contribution in [-0.4, -0.2) is 52.6 Å². The van der Waals surface area contributed by atoms with E-state index in [4.69, 9.17) is 4.74 Å². The van der Waals surface area contributed by atoms with Crippen molar-refractivity contribution in [3.63, 3.8) is 0 Å². The molecule has 0 radical (unpaired) electrons. The Hall–Kier alpha value is -3.30. The number of hydrogen-bond donors (Lipinski definition) is 2. The van der Waals surface area contributed by atoms with Gasteiger partial charge in [0.25, 0.3) is 5.91 Å². The fourth-order valence-corrected chi connectivity index (χ4v) is 6.35. The summed E-state index contributed by atoms with van der Waals surface area (Å²) < 4.78 is 6.33. The lowest BCUT2D eigenvalue weighted by molar-refractivity contribution is -0.128. The van der Waals surface area contributed by atoms with Crippen LogP contribution in [0.4, 0.5) is 0 Å². The lowest BCUT2D eigenvalue weighted by atomic mass is 9.61. The van der Waals surface area contributed by atoms with Gasteiger partial charge < -0.3 is 20.3 Å². The van der Waals surface area contributed by atoms with Gasteiger partial charge in [-0.2, -0.15) is 0 Å². The summed E-state index contributed by atoms with van der Waals surface area (Å²) in [5.74, 6) is 1.67. The molecule has 0 unspecified atom stereocenters. The summed E-state index contributed by atoms with van der Waals surface area (Å²) >= 11 is 1.60. The smallest absolute Gasteiger partial charge is 0.251 e. The average molecular weight is 532 g/mol. The van der Waals surface area contributed by atoms with Crippen molar-refractivity contribution < 1.29 is 14.3 Å². The van der Waals surface area contributed by atoms with Crippen molar-refractivity contribution in [2.75, 3.05) is 19.6 Å². The first-order chi connectivity index (χ1) is 18.4.